The maximum absolute atomic E-state index is 11.4. The Hall–Kier alpha value is -0.340. The number of carbonyl (C=O) groups is 1. The van der Waals surface area contributed by atoms with E-state index in [-0.39, 0.29) is 29.8 Å². The van der Waals surface area contributed by atoms with E-state index in [4.69, 9.17) is 16.3 Å². The summed E-state index contributed by atoms with van der Waals surface area (Å²) in [6, 6.07) is 0. The van der Waals surface area contributed by atoms with Crippen molar-refractivity contribution in [3.8, 4) is 0 Å². The van der Waals surface area contributed by atoms with Crippen LogP contribution in [-0.2, 0) is 9.53 Å². The van der Waals surface area contributed by atoms with Crippen molar-refractivity contribution in [2.75, 3.05) is 0 Å². The molecule has 0 aromatic rings. The van der Waals surface area contributed by atoms with Crippen molar-refractivity contribution >= 4 is 17.4 Å². The van der Waals surface area contributed by atoms with Crippen LogP contribution < -0.4 is 0 Å². The molecule has 0 spiro atoms. The van der Waals surface area contributed by atoms with E-state index in [2.05, 4.69) is 0 Å². The van der Waals surface area contributed by atoms with Crippen molar-refractivity contribution in [1.82, 2.24) is 0 Å². The Morgan fingerprint density at radius 2 is 2.00 bits per heavy atom. The average Bonchev–Trinajstić information content (AvgIpc) is 2.64. The van der Waals surface area contributed by atoms with Crippen LogP contribution in [0.3, 0.4) is 0 Å². The van der Waals surface area contributed by atoms with Crippen LogP contribution in [0.4, 0.5) is 0 Å². The van der Waals surface area contributed by atoms with Gasteiger partial charge in [0, 0.05) is 11.0 Å². The van der Waals surface area contributed by atoms with Crippen molar-refractivity contribution < 1.29 is 9.53 Å². The average molecular weight is 185 g/mol. The molecule has 0 amide bonds. The molecule has 3 heteroatoms. The molecule has 2 heterocycles. The summed E-state index contributed by atoms with van der Waals surface area (Å²) in [4.78, 5) is 11.4. The number of carbonyl (C=O) groups excluding carboxylic acids is 1. The first-order valence-electron chi connectivity index (χ1n) is 4.34. The van der Waals surface area contributed by atoms with Gasteiger partial charge in [0.1, 0.15) is 0 Å². The minimum absolute atomic E-state index is 0.0660. The Balaban J connectivity index is 2.03. The zero-order chi connectivity index (χ0) is 8.29. The summed E-state index contributed by atoms with van der Waals surface area (Å²) in [6.45, 7) is 0. The van der Waals surface area contributed by atoms with E-state index in [9.17, 15) is 4.79 Å². The fourth-order valence-corrected chi connectivity index (χ4v) is 3.10. The molecule has 2 saturated heterocycles. The third-order valence-electron chi connectivity index (χ3n) is 3.20. The normalized spacial score (nSPS) is 49.8. The van der Waals surface area contributed by atoms with Crippen LogP contribution in [0, 0.1) is 11.8 Å². The van der Waals surface area contributed by atoms with Gasteiger partial charge in [-0.05, 0) is 18.9 Å². The molecule has 2 fully saturated rings. The molecular formula is C9H9ClO2. The Labute approximate surface area is 75.5 Å². The lowest BCUT2D eigenvalue weighted by atomic mass is 9.81. The summed E-state index contributed by atoms with van der Waals surface area (Å²) in [6.07, 6.45) is 4.10. The van der Waals surface area contributed by atoms with Gasteiger partial charge in [0.15, 0.2) is 5.78 Å². The zero-order valence-electron chi connectivity index (χ0n) is 6.50. The molecule has 2 nitrogen and oxygen atoms in total. The van der Waals surface area contributed by atoms with Gasteiger partial charge in [-0.2, -0.15) is 0 Å². The number of allylic oxidation sites excluding steroid dienone is 1. The zero-order valence-corrected chi connectivity index (χ0v) is 7.25. The molecule has 0 aromatic heterocycles. The minimum Gasteiger partial charge on any atom is -0.374 e. The molecule has 4 atom stereocenters. The summed E-state index contributed by atoms with van der Waals surface area (Å²) in [5, 5.41) is 0.720. The monoisotopic (exact) mass is 184 g/mol. The maximum Gasteiger partial charge on any atom is 0.163 e. The molecule has 64 valence electrons. The van der Waals surface area contributed by atoms with Crippen LogP contribution in [0.1, 0.15) is 12.8 Å². The third kappa shape index (κ3) is 0.679. The molecule has 0 saturated carbocycles. The molecule has 0 unspecified atom stereocenters. The van der Waals surface area contributed by atoms with Crippen LogP contribution in [-0.4, -0.2) is 18.0 Å². The lowest BCUT2D eigenvalue weighted by Crippen LogP contribution is -2.28. The number of ether oxygens (including phenoxy) is 1. The molecule has 3 rings (SSSR count). The topological polar surface area (TPSA) is 26.3 Å². The van der Waals surface area contributed by atoms with Crippen molar-refractivity contribution in [2.45, 2.75) is 25.0 Å². The fraction of sp³-hybridized carbons (Fsp3) is 0.667. The van der Waals surface area contributed by atoms with Crippen molar-refractivity contribution in [1.29, 1.82) is 0 Å². The van der Waals surface area contributed by atoms with E-state index in [1.807, 2.05) is 0 Å². The number of halogens is 1. The van der Waals surface area contributed by atoms with Gasteiger partial charge in [0.2, 0.25) is 0 Å². The summed E-state index contributed by atoms with van der Waals surface area (Å²) in [5.41, 5.74) is 0. The molecule has 1 aliphatic carbocycles. The highest BCUT2D eigenvalue weighted by Gasteiger charge is 2.55. The quantitative estimate of drug-likeness (QED) is 0.570. The Bertz CT molecular complexity index is 284. The van der Waals surface area contributed by atoms with E-state index < -0.39 is 0 Å². The lowest BCUT2D eigenvalue weighted by Gasteiger charge is -2.19. The van der Waals surface area contributed by atoms with Crippen LogP contribution >= 0.6 is 11.6 Å². The number of hydrogen-bond donors (Lipinski definition) is 0. The standard InChI is InChI=1S/C9H9ClO2/c10-4-3-5(11)9-7-2-1-6(12-7)8(4)9/h3,6-9H,1-2H2/t6-,7+,8+,9-/m1/s1. The predicted molar refractivity (Wildman–Crippen MR) is 43.8 cm³/mol. The highest BCUT2D eigenvalue weighted by molar-refractivity contribution is 6.33. The van der Waals surface area contributed by atoms with Crippen LogP contribution in [0.5, 0.6) is 0 Å². The van der Waals surface area contributed by atoms with Crippen molar-refractivity contribution in [3.05, 3.63) is 11.1 Å². The Morgan fingerprint density at radius 1 is 1.33 bits per heavy atom. The van der Waals surface area contributed by atoms with Crippen molar-refractivity contribution in [2.24, 2.45) is 11.8 Å². The summed E-state index contributed by atoms with van der Waals surface area (Å²) < 4.78 is 5.63. The second-order valence-electron chi connectivity index (χ2n) is 3.77. The first kappa shape index (κ1) is 7.10. The summed E-state index contributed by atoms with van der Waals surface area (Å²) in [5.74, 6) is 0.450. The summed E-state index contributed by atoms with van der Waals surface area (Å²) in [7, 11) is 0. The van der Waals surface area contributed by atoms with Crippen LogP contribution in [0.25, 0.3) is 0 Å². The van der Waals surface area contributed by atoms with E-state index in [0.717, 1.165) is 17.9 Å². The first-order valence-corrected chi connectivity index (χ1v) is 4.71. The number of hydrogen-bond acceptors (Lipinski definition) is 2. The van der Waals surface area contributed by atoms with Gasteiger partial charge in [0.05, 0.1) is 18.1 Å². The van der Waals surface area contributed by atoms with Gasteiger partial charge < -0.3 is 4.74 Å². The van der Waals surface area contributed by atoms with E-state index in [1.165, 1.54) is 0 Å². The molecule has 2 bridgehead atoms. The minimum atomic E-state index is 0.0660. The van der Waals surface area contributed by atoms with Crippen LogP contribution in [0.15, 0.2) is 11.1 Å². The van der Waals surface area contributed by atoms with Gasteiger partial charge in [-0.25, -0.2) is 0 Å². The second kappa shape index (κ2) is 2.12. The number of rotatable bonds is 0. The predicted octanol–water partition coefficient (Wildman–Crippen LogP) is 1.49. The Morgan fingerprint density at radius 3 is 2.67 bits per heavy atom. The molecule has 12 heavy (non-hydrogen) atoms. The molecule has 0 radical (unpaired) electrons. The number of ketones is 1. The molecule has 0 aromatic carbocycles. The van der Waals surface area contributed by atoms with E-state index >= 15 is 0 Å². The molecular weight excluding hydrogens is 176 g/mol. The molecule has 2 aliphatic heterocycles. The first-order chi connectivity index (χ1) is 5.77. The maximum atomic E-state index is 11.4. The fourth-order valence-electron chi connectivity index (χ4n) is 2.72. The van der Waals surface area contributed by atoms with Gasteiger partial charge in [-0.3, -0.25) is 4.79 Å². The van der Waals surface area contributed by atoms with E-state index in [0.29, 0.717) is 0 Å². The third-order valence-corrected chi connectivity index (χ3v) is 3.56. The summed E-state index contributed by atoms with van der Waals surface area (Å²) >= 11 is 5.96. The molecule has 3 aliphatic rings. The van der Waals surface area contributed by atoms with E-state index in [1.54, 1.807) is 6.08 Å². The highest BCUT2D eigenvalue weighted by Crippen LogP contribution is 2.51. The van der Waals surface area contributed by atoms with Crippen molar-refractivity contribution in [3.63, 3.8) is 0 Å². The number of fused-ring (bicyclic) bond motifs is 5. The Kier molecular flexibility index (Phi) is 1.25. The smallest absolute Gasteiger partial charge is 0.163 e. The van der Waals surface area contributed by atoms with Gasteiger partial charge in [-0.1, -0.05) is 11.6 Å². The lowest BCUT2D eigenvalue weighted by molar-refractivity contribution is -0.119. The second-order valence-corrected chi connectivity index (χ2v) is 4.21. The van der Waals surface area contributed by atoms with Gasteiger partial charge >= 0.3 is 0 Å². The largest absolute Gasteiger partial charge is 0.374 e. The SMILES string of the molecule is O=C1C=C(Cl)[C@@H]2[C@H]1[C@@H]1CC[C@H]2O1. The van der Waals surface area contributed by atoms with Crippen LogP contribution in [0.2, 0.25) is 0 Å². The highest BCUT2D eigenvalue weighted by atomic mass is 35.5. The van der Waals surface area contributed by atoms with Gasteiger partial charge in [-0.15, -0.1) is 0 Å². The van der Waals surface area contributed by atoms with Gasteiger partial charge in [0.25, 0.3) is 0 Å². The molecule has 0 N–H and O–H groups in total.